The van der Waals surface area contributed by atoms with Gasteiger partial charge in [-0.15, -0.1) is 11.3 Å². The Balaban J connectivity index is 2.12. The zero-order valence-corrected chi connectivity index (χ0v) is 12.3. The lowest BCUT2D eigenvalue weighted by Gasteiger charge is -2.27. The van der Waals surface area contributed by atoms with Crippen molar-refractivity contribution >= 4 is 27.3 Å². The number of rotatable bonds is 3. The van der Waals surface area contributed by atoms with Crippen molar-refractivity contribution in [1.82, 2.24) is 4.90 Å². The summed E-state index contributed by atoms with van der Waals surface area (Å²) in [5.41, 5.74) is 6.38. The number of likely N-dealkylation sites (tertiary alicyclic amines) is 1. The minimum atomic E-state index is 0.401. The van der Waals surface area contributed by atoms with E-state index in [4.69, 9.17) is 5.73 Å². The van der Waals surface area contributed by atoms with Gasteiger partial charge in [0.05, 0.1) is 9.83 Å². The first-order valence-electron chi connectivity index (χ1n) is 5.71. The van der Waals surface area contributed by atoms with Gasteiger partial charge in [-0.1, -0.05) is 13.8 Å². The molecule has 1 aliphatic rings. The van der Waals surface area contributed by atoms with Gasteiger partial charge in [-0.2, -0.15) is 0 Å². The minimum Gasteiger partial charge on any atom is -0.329 e. The smallest absolute Gasteiger partial charge is 0.0702 e. The molecule has 2 rings (SSSR count). The maximum Gasteiger partial charge on any atom is 0.0702 e. The summed E-state index contributed by atoms with van der Waals surface area (Å²) >= 11 is 5.32. The van der Waals surface area contributed by atoms with Crippen molar-refractivity contribution in [2.24, 2.45) is 11.1 Å². The molecule has 0 spiro atoms. The second kappa shape index (κ2) is 4.77. The Hall–Kier alpha value is 0.1000. The van der Waals surface area contributed by atoms with Crippen LogP contribution in [-0.4, -0.2) is 24.5 Å². The van der Waals surface area contributed by atoms with Crippen molar-refractivity contribution in [3.8, 4) is 0 Å². The second-order valence-corrected chi connectivity index (χ2v) is 7.77. The molecule has 2 N–H and O–H groups in total. The topological polar surface area (TPSA) is 29.3 Å². The predicted molar refractivity (Wildman–Crippen MR) is 73.8 cm³/mol. The Morgan fingerprint density at radius 2 is 2.31 bits per heavy atom. The molecular formula is C12H19BrN2S. The van der Waals surface area contributed by atoms with E-state index in [1.165, 1.54) is 21.6 Å². The SMILES string of the molecule is CC1(C)CCN(C(CN)c2ccc(Br)s2)C1. The summed E-state index contributed by atoms with van der Waals surface area (Å²) in [6, 6.07) is 4.71. The first-order valence-corrected chi connectivity index (χ1v) is 7.32. The Kier molecular flexibility index (Phi) is 3.74. The standard InChI is InChI=1S/C12H19BrN2S/c1-12(2)5-6-15(8-12)9(7-14)10-3-4-11(13)16-10/h3-4,9H,5-8,14H2,1-2H3. The van der Waals surface area contributed by atoms with Crippen LogP contribution < -0.4 is 5.73 Å². The molecule has 1 aromatic heterocycles. The van der Waals surface area contributed by atoms with E-state index < -0.39 is 0 Å². The van der Waals surface area contributed by atoms with Crippen LogP contribution in [0.3, 0.4) is 0 Å². The highest BCUT2D eigenvalue weighted by atomic mass is 79.9. The predicted octanol–water partition coefficient (Wildman–Crippen LogP) is 3.24. The fourth-order valence-electron chi connectivity index (χ4n) is 2.37. The van der Waals surface area contributed by atoms with Gasteiger partial charge in [-0.25, -0.2) is 0 Å². The summed E-state index contributed by atoms with van der Waals surface area (Å²) in [5, 5.41) is 0. The van der Waals surface area contributed by atoms with E-state index in [0.29, 0.717) is 18.0 Å². The lowest BCUT2D eigenvalue weighted by atomic mass is 9.93. The summed E-state index contributed by atoms with van der Waals surface area (Å²) in [7, 11) is 0. The van der Waals surface area contributed by atoms with Crippen LogP contribution in [0.5, 0.6) is 0 Å². The molecule has 1 atom stereocenters. The summed E-state index contributed by atoms with van der Waals surface area (Å²) in [4.78, 5) is 3.91. The molecule has 0 radical (unpaired) electrons. The van der Waals surface area contributed by atoms with Crippen molar-refractivity contribution in [3.05, 3.63) is 20.8 Å². The summed E-state index contributed by atoms with van der Waals surface area (Å²) in [6.45, 7) is 7.72. The second-order valence-electron chi connectivity index (χ2n) is 5.28. The van der Waals surface area contributed by atoms with E-state index in [9.17, 15) is 0 Å². The van der Waals surface area contributed by atoms with Crippen molar-refractivity contribution < 1.29 is 0 Å². The van der Waals surface area contributed by atoms with Crippen molar-refractivity contribution in [2.75, 3.05) is 19.6 Å². The summed E-state index contributed by atoms with van der Waals surface area (Å²) in [6.07, 6.45) is 1.27. The maximum atomic E-state index is 5.93. The molecule has 1 aliphatic heterocycles. The number of thiophene rings is 1. The zero-order valence-electron chi connectivity index (χ0n) is 9.87. The third-order valence-electron chi connectivity index (χ3n) is 3.29. The van der Waals surface area contributed by atoms with Crippen molar-refractivity contribution in [1.29, 1.82) is 0 Å². The third kappa shape index (κ3) is 2.67. The Labute approximate surface area is 110 Å². The molecule has 0 bridgehead atoms. The molecule has 2 heterocycles. The molecule has 0 amide bonds. The van der Waals surface area contributed by atoms with Gasteiger partial charge in [0.1, 0.15) is 0 Å². The van der Waals surface area contributed by atoms with Crippen LogP contribution in [0.25, 0.3) is 0 Å². The Morgan fingerprint density at radius 1 is 1.56 bits per heavy atom. The number of halogens is 1. The largest absolute Gasteiger partial charge is 0.329 e. The van der Waals surface area contributed by atoms with Crippen LogP contribution in [0.4, 0.5) is 0 Å². The van der Waals surface area contributed by atoms with E-state index >= 15 is 0 Å². The number of nitrogens with two attached hydrogens (primary N) is 1. The average Bonchev–Trinajstić information content (AvgIpc) is 2.75. The first kappa shape index (κ1) is 12.6. The van der Waals surface area contributed by atoms with E-state index in [1.54, 1.807) is 11.3 Å². The van der Waals surface area contributed by atoms with Gasteiger partial charge in [-0.05, 0) is 46.4 Å². The highest BCUT2D eigenvalue weighted by Gasteiger charge is 2.33. The molecule has 1 unspecified atom stereocenters. The van der Waals surface area contributed by atoms with Crippen molar-refractivity contribution in [2.45, 2.75) is 26.3 Å². The molecule has 1 saturated heterocycles. The molecule has 0 aromatic carbocycles. The minimum absolute atomic E-state index is 0.401. The van der Waals surface area contributed by atoms with Gasteiger partial charge in [0.25, 0.3) is 0 Å². The quantitative estimate of drug-likeness (QED) is 0.929. The monoisotopic (exact) mass is 302 g/mol. The molecule has 4 heteroatoms. The van der Waals surface area contributed by atoms with E-state index in [1.807, 2.05) is 0 Å². The summed E-state index contributed by atoms with van der Waals surface area (Å²) in [5.74, 6) is 0. The van der Waals surface area contributed by atoms with E-state index in [0.717, 1.165) is 6.54 Å². The number of nitrogens with zero attached hydrogens (tertiary/aromatic N) is 1. The zero-order chi connectivity index (χ0) is 11.8. The fourth-order valence-corrected chi connectivity index (χ4v) is 3.94. The van der Waals surface area contributed by atoms with Crippen molar-refractivity contribution in [3.63, 3.8) is 0 Å². The van der Waals surface area contributed by atoms with Gasteiger partial charge in [0, 0.05) is 18.0 Å². The van der Waals surface area contributed by atoms with Gasteiger partial charge in [0.2, 0.25) is 0 Å². The highest BCUT2D eigenvalue weighted by molar-refractivity contribution is 9.11. The molecule has 2 nitrogen and oxygen atoms in total. The third-order valence-corrected chi connectivity index (χ3v) is 5.02. The van der Waals surface area contributed by atoms with Crippen LogP contribution in [0.15, 0.2) is 15.9 Å². The summed E-state index contributed by atoms with van der Waals surface area (Å²) < 4.78 is 1.19. The molecule has 90 valence electrons. The molecule has 1 fully saturated rings. The Morgan fingerprint density at radius 3 is 2.75 bits per heavy atom. The normalized spacial score (nSPS) is 22.5. The molecule has 16 heavy (non-hydrogen) atoms. The first-order chi connectivity index (χ1) is 7.52. The van der Waals surface area contributed by atoms with Gasteiger partial charge < -0.3 is 5.73 Å². The lowest BCUT2D eigenvalue weighted by Crippen LogP contribution is -2.32. The lowest BCUT2D eigenvalue weighted by molar-refractivity contribution is 0.226. The highest BCUT2D eigenvalue weighted by Crippen LogP contribution is 2.37. The van der Waals surface area contributed by atoms with Crippen LogP contribution in [0.2, 0.25) is 0 Å². The molecule has 0 saturated carbocycles. The van der Waals surface area contributed by atoms with Crippen LogP contribution in [0.1, 0.15) is 31.2 Å². The molecule has 0 aliphatic carbocycles. The van der Waals surface area contributed by atoms with E-state index in [-0.39, 0.29) is 0 Å². The molecular weight excluding hydrogens is 284 g/mol. The van der Waals surface area contributed by atoms with Crippen LogP contribution >= 0.6 is 27.3 Å². The fraction of sp³-hybridized carbons (Fsp3) is 0.667. The Bertz CT molecular complexity index is 362. The molecule has 1 aromatic rings. The van der Waals surface area contributed by atoms with Crippen LogP contribution in [-0.2, 0) is 0 Å². The number of hydrogen-bond donors (Lipinski definition) is 1. The van der Waals surface area contributed by atoms with Gasteiger partial charge in [-0.3, -0.25) is 4.90 Å². The van der Waals surface area contributed by atoms with Gasteiger partial charge >= 0.3 is 0 Å². The average molecular weight is 303 g/mol. The number of hydrogen-bond acceptors (Lipinski definition) is 3. The maximum absolute atomic E-state index is 5.93. The van der Waals surface area contributed by atoms with Crippen LogP contribution in [0, 0.1) is 5.41 Å². The van der Waals surface area contributed by atoms with Gasteiger partial charge in [0.15, 0.2) is 0 Å². The van der Waals surface area contributed by atoms with E-state index in [2.05, 4.69) is 46.8 Å².